The van der Waals surface area contributed by atoms with E-state index < -0.39 is 9.84 Å². The normalized spacial score (nSPS) is 22.1. The highest BCUT2D eigenvalue weighted by Crippen LogP contribution is 2.28. The molecule has 1 atom stereocenters. The molecule has 4 nitrogen and oxygen atoms in total. The van der Waals surface area contributed by atoms with Gasteiger partial charge in [-0.25, -0.2) is 8.42 Å². The molecule has 0 aromatic heterocycles. The zero-order valence-electron chi connectivity index (χ0n) is 10.8. The van der Waals surface area contributed by atoms with Crippen molar-refractivity contribution in [1.29, 1.82) is 0 Å². The Balaban J connectivity index is 2.20. The zero-order chi connectivity index (χ0) is 13.3. The van der Waals surface area contributed by atoms with Gasteiger partial charge in [0.15, 0.2) is 9.84 Å². The van der Waals surface area contributed by atoms with Gasteiger partial charge in [0.2, 0.25) is 0 Å². The van der Waals surface area contributed by atoms with E-state index in [2.05, 4.69) is 0 Å². The van der Waals surface area contributed by atoms with Crippen molar-refractivity contribution in [3.63, 3.8) is 0 Å². The first-order chi connectivity index (χ1) is 8.41. The van der Waals surface area contributed by atoms with E-state index >= 15 is 0 Å². The molecular weight excluding hydrogens is 250 g/mol. The molecule has 1 heterocycles. The maximum absolute atomic E-state index is 11.4. The molecule has 18 heavy (non-hydrogen) atoms. The first-order valence-corrected chi connectivity index (χ1v) is 7.90. The summed E-state index contributed by atoms with van der Waals surface area (Å²) in [5.74, 6) is 1.16. The molecule has 0 aliphatic carbocycles. The summed E-state index contributed by atoms with van der Waals surface area (Å²) in [5.41, 5.74) is 8.71. The highest BCUT2D eigenvalue weighted by atomic mass is 32.2. The predicted molar refractivity (Wildman–Crippen MR) is 71.5 cm³/mol. The summed E-state index contributed by atoms with van der Waals surface area (Å²) >= 11 is 0. The third-order valence-electron chi connectivity index (χ3n) is 3.23. The lowest BCUT2D eigenvalue weighted by Gasteiger charge is -2.17. The third kappa shape index (κ3) is 2.84. The molecule has 1 aliphatic heterocycles. The first kappa shape index (κ1) is 13.4. The standard InChI is InChI=1S/C13H19NO3S/c1-9-5-11(7-14)6-10(2)13(9)17-12-3-4-18(15,16)8-12/h5-6,12H,3-4,7-8,14H2,1-2H3. The summed E-state index contributed by atoms with van der Waals surface area (Å²) in [4.78, 5) is 0. The zero-order valence-corrected chi connectivity index (χ0v) is 11.6. The monoisotopic (exact) mass is 269 g/mol. The second-order valence-electron chi connectivity index (χ2n) is 4.91. The Labute approximate surface area is 108 Å². The highest BCUT2D eigenvalue weighted by Gasteiger charge is 2.30. The van der Waals surface area contributed by atoms with Crippen LogP contribution in [0.3, 0.4) is 0 Å². The van der Waals surface area contributed by atoms with Gasteiger partial charge in [0, 0.05) is 6.54 Å². The summed E-state index contributed by atoms with van der Waals surface area (Å²) < 4.78 is 28.7. The van der Waals surface area contributed by atoms with E-state index in [1.54, 1.807) is 0 Å². The van der Waals surface area contributed by atoms with Crippen LogP contribution in [-0.4, -0.2) is 26.0 Å². The molecule has 100 valence electrons. The SMILES string of the molecule is Cc1cc(CN)cc(C)c1OC1CCS(=O)(=O)C1. The Hall–Kier alpha value is -1.07. The summed E-state index contributed by atoms with van der Waals surface area (Å²) in [5, 5.41) is 0. The van der Waals surface area contributed by atoms with Crippen LogP contribution in [0.5, 0.6) is 5.75 Å². The second kappa shape index (κ2) is 4.90. The van der Waals surface area contributed by atoms with Gasteiger partial charge in [0.25, 0.3) is 0 Å². The van der Waals surface area contributed by atoms with E-state index in [1.807, 2.05) is 26.0 Å². The van der Waals surface area contributed by atoms with E-state index in [9.17, 15) is 8.42 Å². The Kier molecular flexibility index (Phi) is 3.64. The minimum Gasteiger partial charge on any atom is -0.489 e. The lowest BCUT2D eigenvalue weighted by Crippen LogP contribution is -2.19. The molecule has 1 aromatic rings. The number of aryl methyl sites for hydroxylation is 2. The molecule has 0 amide bonds. The molecular formula is C13H19NO3S. The van der Waals surface area contributed by atoms with E-state index in [1.165, 1.54) is 0 Å². The minimum atomic E-state index is -2.90. The molecule has 1 saturated heterocycles. The summed E-state index contributed by atoms with van der Waals surface area (Å²) in [6, 6.07) is 3.98. The van der Waals surface area contributed by atoms with Crippen molar-refractivity contribution in [3.05, 3.63) is 28.8 Å². The van der Waals surface area contributed by atoms with Gasteiger partial charge < -0.3 is 10.5 Å². The molecule has 1 aromatic carbocycles. The van der Waals surface area contributed by atoms with Crippen LogP contribution in [0.1, 0.15) is 23.1 Å². The van der Waals surface area contributed by atoms with E-state index in [0.29, 0.717) is 13.0 Å². The number of hydrogen-bond donors (Lipinski definition) is 1. The average Bonchev–Trinajstić information content (AvgIpc) is 2.63. The number of sulfone groups is 1. The summed E-state index contributed by atoms with van der Waals surface area (Å²) in [6.45, 7) is 4.43. The fourth-order valence-electron chi connectivity index (χ4n) is 2.36. The van der Waals surface area contributed by atoms with Crippen molar-refractivity contribution in [2.24, 2.45) is 5.73 Å². The van der Waals surface area contributed by atoms with E-state index in [4.69, 9.17) is 10.5 Å². The quantitative estimate of drug-likeness (QED) is 0.898. The van der Waals surface area contributed by atoms with Gasteiger partial charge in [-0.2, -0.15) is 0 Å². The summed E-state index contributed by atoms with van der Waals surface area (Å²) in [7, 11) is -2.90. The van der Waals surface area contributed by atoms with Crippen LogP contribution >= 0.6 is 0 Å². The van der Waals surface area contributed by atoms with Gasteiger partial charge in [-0.05, 0) is 37.0 Å². The van der Waals surface area contributed by atoms with Gasteiger partial charge in [0.05, 0.1) is 11.5 Å². The van der Waals surface area contributed by atoms with Crippen LogP contribution < -0.4 is 10.5 Å². The van der Waals surface area contributed by atoms with E-state index in [0.717, 1.165) is 22.4 Å². The topological polar surface area (TPSA) is 69.4 Å². The third-order valence-corrected chi connectivity index (χ3v) is 4.97. The van der Waals surface area contributed by atoms with Crippen LogP contribution in [-0.2, 0) is 16.4 Å². The summed E-state index contributed by atoms with van der Waals surface area (Å²) in [6.07, 6.45) is 0.371. The largest absolute Gasteiger partial charge is 0.489 e. The number of rotatable bonds is 3. The van der Waals surface area contributed by atoms with Gasteiger partial charge in [-0.15, -0.1) is 0 Å². The molecule has 0 bridgehead atoms. The van der Waals surface area contributed by atoms with E-state index in [-0.39, 0.29) is 17.6 Å². The van der Waals surface area contributed by atoms with Crippen molar-refractivity contribution in [1.82, 2.24) is 0 Å². The molecule has 0 spiro atoms. The smallest absolute Gasteiger partial charge is 0.154 e. The Morgan fingerprint density at radius 2 is 1.94 bits per heavy atom. The fraction of sp³-hybridized carbons (Fsp3) is 0.538. The molecule has 0 radical (unpaired) electrons. The maximum atomic E-state index is 11.4. The molecule has 2 N–H and O–H groups in total. The van der Waals surface area contributed by atoms with Gasteiger partial charge in [0.1, 0.15) is 11.9 Å². The number of benzene rings is 1. The average molecular weight is 269 g/mol. The van der Waals surface area contributed by atoms with Crippen LogP contribution in [0.4, 0.5) is 0 Å². The Bertz CT molecular complexity index is 528. The fourth-order valence-corrected chi connectivity index (χ4v) is 3.95. The van der Waals surface area contributed by atoms with Crippen molar-refractivity contribution in [2.75, 3.05) is 11.5 Å². The molecule has 0 saturated carbocycles. The lowest BCUT2D eigenvalue weighted by molar-refractivity contribution is 0.226. The van der Waals surface area contributed by atoms with Crippen molar-refractivity contribution < 1.29 is 13.2 Å². The van der Waals surface area contributed by atoms with Crippen molar-refractivity contribution in [2.45, 2.75) is 32.9 Å². The van der Waals surface area contributed by atoms with Crippen LogP contribution in [0, 0.1) is 13.8 Å². The van der Waals surface area contributed by atoms with Crippen LogP contribution in [0.2, 0.25) is 0 Å². The van der Waals surface area contributed by atoms with Gasteiger partial charge in [-0.1, -0.05) is 12.1 Å². The Morgan fingerprint density at radius 1 is 1.33 bits per heavy atom. The second-order valence-corrected chi connectivity index (χ2v) is 7.13. The van der Waals surface area contributed by atoms with Crippen molar-refractivity contribution >= 4 is 9.84 Å². The van der Waals surface area contributed by atoms with Gasteiger partial charge >= 0.3 is 0 Å². The van der Waals surface area contributed by atoms with Gasteiger partial charge in [-0.3, -0.25) is 0 Å². The number of hydrogen-bond acceptors (Lipinski definition) is 4. The Morgan fingerprint density at radius 3 is 2.39 bits per heavy atom. The minimum absolute atomic E-state index is 0.129. The molecule has 1 fully saturated rings. The lowest BCUT2D eigenvalue weighted by atomic mass is 10.1. The molecule has 5 heteroatoms. The number of ether oxygens (including phenoxy) is 1. The highest BCUT2D eigenvalue weighted by molar-refractivity contribution is 7.91. The number of nitrogens with two attached hydrogens (primary N) is 1. The maximum Gasteiger partial charge on any atom is 0.154 e. The van der Waals surface area contributed by atoms with Crippen molar-refractivity contribution in [3.8, 4) is 5.75 Å². The molecule has 1 aliphatic rings. The molecule has 1 unspecified atom stereocenters. The molecule has 2 rings (SSSR count). The van der Waals surface area contributed by atoms with Crippen LogP contribution in [0.15, 0.2) is 12.1 Å². The van der Waals surface area contributed by atoms with Crippen LogP contribution in [0.25, 0.3) is 0 Å². The first-order valence-electron chi connectivity index (χ1n) is 6.08. The predicted octanol–water partition coefficient (Wildman–Crippen LogP) is 1.33.